The number of benzene rings is 2. The zero-order valence-electron chi connectivity index (χ0n) is 13.2. The Morgan fingerprint density at radius 1 is 1.28 bits per heavy atom. The van der Waals surface area contributed by atoms with Crippen LogP contribution < -0.4 is 9.73 Å². The number of sulfonamides is 1. The van der Waals surface area contributed by atoms with Gasteiger partial charge in [-0.15, -0.1) is 0 Å². The molecule has 0 saturated heterocycles. The van der Waals surface area contributed by atoms with Gasteiger partial charge in [0.25, 0.3) is 5.91 Å². The summed E-state index contributed by atoms with van der Waals surface area (Å²) in [5.74, 6) is -0.566. The smallest absolute Gasteiger partial charge is 0.260 e. The van der Waals surface area contributed by atoms with Gasteiger partial charge in [-0.1, -0.05) is 45.7 Å². The molecule has 0 saturated carbocycles. The lowest BCUT2D eigenvalue weighted by Crippen LogP contribution is -2.39. The lowest BCUT2D eigenvalue weighted by molar-refractivity contribution is -0.119. The van der Waals surface area contributed by atoms with Crippen LogP contribution in [0.2, 0.25) is 5.02 Å². The molecule has 0 aliphatic carbocycles. The fourth-order valence-electron chi connectivity index (χ4n) is 1.96. The van der Waals surface area contributed by atoms with E-state index in [-0.39, 0.29) is 6.54 Å². The highest BCUT2D eigenvalue weighted by atomic mass is 79.9. The summed E-state index contributed by atoms with van der Waals surface area (Å²) >= 11 is 9.14. The quantitative estimate of drug-likeness (QED) is 0.549. The lowest BCUT2D eigenvalue weighted by Gasteiger charge is -2.21. The van der Waals surface area contributed by atoms with E-state index in [0.29, 0.717) is 20.7 Å². The molecule has 0 aliphatic rings. The zero-order chi connectivity index (χ0) is 18.4. The van der Waals surface area contributed by atoms with Crippen LogP contribution in [-0.4, -0.2) is 33.3 Å². The van der Waals surface area contributed by atoms with Gasteiger partial charge in [0.15, 0.2) is 0 Å². The van der Waals surface area contributed by atoms with Crippen LogP contribution in [0.3, 0.4) is 0 Å². The van der Waals surface area contributed by atoms with Crippen LogP contribution in [0.1, 0.15) is 5.56 Å². The molecule has 0 spiro atoms. The molecule has 2 aromatic rings. The largest absolute Gasteiger partial charge is 0.271 e. The van der Waals surface area contributed by atoms with E-state index in [1.54, 1.807) is 48.5 Å². The van der Waals surface area contributed by atoms with Gasteiger partial charge in [0.05, 0.1) is 18.2 Å². The van der Waals surface area contributed by atoms with Crippen LogP contribution >= 0.6 is 27.5 Å². The van der Waals surface area contributed by atoms with Crippen LogP contribution in [0.15, 0.2) is 58.1 Å². The van der Waals surface area contributed by atoms with Gasteiger partial charge in [-0.05, 0) is 35.9 Å². The number of carbonyl (C=O) groups is 1. The van der Waals surface area contributed by atoms with Crippen molar-refractivity contribution in [1.29, 1.82) is 0 Å². The van der Waals surface area contributed by atoms with Crippen molar-refractivity contribution in [2.75, 3.05) is 17.1 Å². The van der Waals surface area contributed by atoms with Gasteiger partial charge in [-0.3, -0.25) is 9.10 Å². The van der Waals surface area contributed by atoms with Crippen molar-refractivity contribution in [3.05, 3.63) is 63.6 Å². The molecule has 0 aliphatic heterocycles. The first kappa shape index (κ1) is 19.4. The van der Waals surface area contributed by atoms with Gasteiger partial charge in [-0.2, -0.15) is 5.10 Å². The van der Waals surface area contributed by atoms with Crippen molar-refractivity contribution in [2.45, 2.75) is 0 Å². The Balaban J connectivity index is 2.07. The van der Waals surface area contributed by atoms with Crippen LogP contribution in [0, 0.1) is 0 Å². The van der Waals surface area contributed by atoms with Crippen molar-refractivity contribution < 1.29 is 13.2 Å². The fraction of sp³-hybridized carbons (Fsp3) is 0.125. The van der Waals surface area contributed by atoms with Crippen molar-refractivity contribution in [3.8, 4) is 0 Å². The third-order valence-electron chi connectivity index (χ3n) is 3.04. The van der Waals surface area contributed by atoms with E-state index in [4.69, 9.17) is 11.6 Å². The van der Waals surface area contributed by atoms with E-state index >= 15 is 0 Å². The number of carbonyl (C=O) groups excluding carboxylic acids is 1. The Labute approximate surface area is 159 Å². The summed E-state index contributed by atoms with van der Waals surface area (Å²) in [6, 6.07) is 13.6. The fourth-order valence-corrected chi connectivity index (χ4v) is 3.40. The minimum atomic E-state index is -3.63. The average Bonchev–Trinajstić information content (AvgIpc) is 2.51. The highest BCUT2D eigenvalue weighted by Crippen LogP contribution is 2.21. The second-order valence-corrected chi connectivity index (χ2v) is 8.36. The Morgan fingerprint density at radius 3 is 2.64 bits per heavy atom. The molecular weight excluding hydrogens is 430 g/mol. The standard InChI is InChI=1S/C16H15BrClN3O3S/c1-25(23,24)21(15-7-3-5-13(17)9-15)11-16(22)20-19-10-12-4-2-6-14(18)8-12/h2-10H,11H2,1H3,(H,20,22)/b19-10-. The van der Waals surface area contributed by atoms with E-state index in [2.05, 4.69) is 26.5 Å². The molecule has 1 N–H and O–H groups in total. The molecule has 0 bridgehead atoms. The monoisotopic (exact) mass is 443 g/mol. The summed E-state index contributed by atoms with van der Waals surface area (Å²) in [6.07, 6.45) is 2.46. The summed E-state index contributed by atoms with van der Waals surface area (Å²) in [5.41, 5.74) is 3.40. The van der Waals surface area contributed by atoms with Crippen LogP contribution in [-0.2, 0) is 14.8 Å². The Morgan fingerprint density at radius 2 is 2.00 bits per heavy atom. The molecule has 2 rings (SSSR count). The molecule has 0 aromatic heterocycles. The first-order valence-corrected chi connectivity index (χ1v) is 10.1. The number of amides is 1. The molecule has 0 radical (unpaired) electrons. The molecule has 132 valence electrons. The minimum Gasteiger partial charge on any atom is -0.271 e. The third kappa shape index (κ3) is 6.15. The SMILES string of the molecule is CS(=O)(=O)N(CC(=O)N/N=C\c1cccc(Cl)c1)c1cccc(Br)c1. The highest BCUT2D eigenvalue weighted by molar-refractivity contribution is 9.10. The Bertz CT molecular complexity index is 903. The predicted octanol–water partition coefficient (Wildman–Crippen LogP) is 3.02. The van der Waals surface area contributed by atoms with E-state index in [0.717, 1.165) is 10.6 Å². The van der Waals surface area contributed by atoms with Gasteiger partial charge >= 0.3 is 0 Å². The molecular formula is C16H15BrClN3O3S. The predicted molar refractivity (Wildman–Crippen MR) is 104 cm³/mol. The van der Waals surface area contributed by atoms with Gasteiger partial charge < -0.3 is 0 Å². The molecule has 0 atom stereocenters. The zero-order valence-corrected chi connectivity index (χ0v) is 16.3. The van der Waals surface area contributed by atoms with Crippen LogP contribution in [0.25, 0.3) is 0 Å². The van der Waals surface area contributed by atoms with Gasteiger partial charge in [-0.25, -0.2) is 13.8 Å². The molecule has 2 aromatic carbocycles. The molecule has 0 heterocycles. The van der Waals surface area contributed by atoms with E-state index < -0.39 is 15.9 Å². The third-order valence-corrected chi connectivity index (χ3v) is 4.90. The average molecular weight is 445 g/mol. The van der Waals surface area contributed by atoms with Crippen LogP contribution in [0.5, 0.6) is 0 Å². The number of anilines is 1. The molecule has 0 fully saturated rings. The second-order valence-electron chi connectivity index (χ2n) is 5.10. The topological polar surface area (TPSA) is 78.8 Å². The second kappa shape index (κ2) is 8.46. The van der Waals surface area contributed by atoms with Crippen molar-refractivity contribution in [3.63, 3.8) is 0 Å². The van der Waals surface area contributed by atoms with Gasteiger partial charge in [0.2, 0.25) is 10.0 Å². The summed E-state index contributed by atoms with van der Waals surface area (Å²) in [6.45, 7) is -0.387. The van der Waals surface area contributed by atoms with E-state index in [9.17, 15) is 13.2 Å². The normalized spacial score (nSPS) is 11.5. The number of hydrogen-bond acceptors (Lipinski definition) is 4. The number of hydrogen-bond donors (Lipinski definition) is 1. The Kier molecular flexibility index (Phi) is 6.57. The molecule has 25 heavy (non-hydrogen) atoms. The summed E-state index contributed by atoms with van der Waals surface area (Å²) in [7, 11) is -3.63. The van der Waals surface area contributed by atoms with Gasteiger partial charge in [0.1, 0.15) is 6.54 Å². The first-order valence-electron chi connectivity index (χ1n) is 7.06. The molecule has 6 nitrogen and oxygen atoms in total. The number of halogens is 2. The van der Waals surface area contributed by atoms with Gasteiger partial charge in [0, 0.05) is 9.50 Å². The summed E-state index contributed by atoms with van der Waals surface area (Å²) < 4.78 is 25.7. The van der Waals surface area contributed by atoms with E-state index in [1.807, 2.05) is 0 Å². The maximum absolute atomic E-state index is 12.0. The van der Waals surface area contributed by atoms with Crippen LogP contribution in [0.4, 0.5) is 5.69 Å². The molecule has 0 unspecified atom stereocenters. The summed E-state index contributed by atoms with van der Waals surface area (Å²) in [5, 5.41) is 4.36. The highest BCUT2D eigenvalue weighted by Gasteiger charge is 2.20. The molecule has 9 heteroatoms. The maximum Gasteiger partial charge on any atom is 0.260 e. The lowest BCUT2D eigenvalue weighted by atomic mass is 10.2. The molecule has 1 amide bonds. The number of nitrogens with one attached hydrogen (secondary N) is 1. The number of rotatable bonds is 6. The first-order chi connectivity index (χ1) is 11.8. The number of nitrogens with zero attached hydrogens (tertiary/aromatic N) is 2. The summed E-state index contributed by atoms with van der Waals surface area (Å²) in [4.78, 5) is 12.0. The minimum absolute atomic E-state index is 0.380. The maximum atomic E-state index is 12.0. The van der Waals surface area contributed by atoms with E-state index in [1.165, 1.54) is 6.21 Å². The van der Waals surface area contributed by atoms with Crippen molar-refractivity contribution in [2.24, 2.45) is 5.10 Å². The van der Waals surface area contributed by atoms with Crippen molar-refractivity contribution in [1.82, 2.24) is 5.43 Å². The number of hydrazone groups is 1. The van der Waals surface area contributed by atoms with Crippen molar-refractivity contribution >= 4 is 55.4 Å². The Hall–Kier alpha value is -1.90.